The van der Waals surface area contributed by atoms with E-state index in [0.717, 1.165) is 31.9 Å². The van der Waals surface area contributed by atoms with Crippen LogP contribution in [0.15, 0.2) is 16.6 Å². The molecular formula is C14H18BrF2NO. The van der Waals surface area contributed by atoms with Crippen LogP contribution in [0.3, 0.4) is 0 Å². The maximum atomic E-state index is 13.7. The SMILES string of the molecule is C[C@H](NCCC1CC(O)C1)c1c(Br)ccc(F)c1F. The smallest absolute Gasteiger partial charge is 0.164 e. The maximum Gasteiger partial charge on any atom is 0.164 e. The second-order valence-electron chi connectivity index (χ2n) is 5.21. The highest BCUT2D eigenvalue weighted by molar-refractivity contribution is 9.10. The van der Waals surface area contributed by atoms with Crippen LogP contribution < -0.4 is 5.32 Å². The first-order valence-corrected chi connectivity index (χ1v) is 7.33. The van der Waals surface area contributed by atoms with Crippen LogP contribution in [-0.4, -0.2) is 17.8 Å². The van der Waals surface area contributed by atoms with E-state index >= 15 is 0 Å². The van der Waals surface area contributed by atoms with Gasteiger partial charge in [-0.3, -0.25) is 0 Å². The molecule has 1 aliphatic rings. The lowest BCUT2D eigenvalue weighted by atomic mass is 9.80. The number of benzene rings is 1. The lowest BCUT2D eigenvalue weighted by Crippen LogP contribution is -2.31. The van der Waals surface area contributed by atoms with Gasteiger partial charge in [-0.05, 0) is 50.8 Å². The molecule has 1 fully saturated rings. The Balaban J connectivity index is 1.89. The molecule has 1 aromatic carbocycles. The van der Waals surface area contributed by atoms with E-state index in [9.17, 15) is 13.9 Å². The molecule has 19 heavy (non-hydrogen) atoms. The molecule has 1 atom stereocenters. The van der Waals surface area contributed by atoms with Crippen molar-refractivity contribution in [2.45, 2.75) is 38.3 Å². The van der Waals surface area contributed by atoms with Gasteiger partial charge in [-0.25, -0.2) is 8.78 Å². The minimum absolute atomic E-state index is 0.141. The van der Waals surface area contributed by atoms with Crippen LogP contribution in [-0.2, 0) is 0 Å². The van der Waals surface area contributed by atoms with Crippen LogP contribution in [0.2, 0.25) is 0 Å². The fourth-order valence-corrected chi connectivity index (χ4v) is 3.13. The number of hydrogen-bond donors (Lipinski definition) is 2. The Hall–Kier alpha value is -0.520. The van der Waals surface area contributed by atoms with Crippen molar-refractivity contribution in [1.29, 1.82) is 0 Å². The van der Waals surface area contributed by atoms with Gasteiger partial charge in [-0.2, -0.15) is 0 Å². The second-order valence-corrected chi connectivity index (χ2v) is 6.07. The third kappa shape index (κ3) is 3.52. The van der Waals surface area contributed by atoms with Crippen LogP contribution in [0.1, 0.15) is 37.8 Å². The van der Waals surface area contributed by atoms with Crippen molar-refractivity contribution in [2.75, 3.05) is 6.54 Å². The van der Waals surface area contributed by atoms with Crippen LogP contribution in [0.5, 0.6) is 0 Å². The summed E-state index contributed by atoms with van der Waals surface area (Å²) in [5, 5.41) is 12.4. The van der Waals surface area contributed by atoms with Gasteiger partial charge in [0.15, 0.2) is 11.6 Å². The zero-order chi connectivity index (χ0) is 14.0. The van der Waals surface area contributed by atoms with E-state index in [1.165, 1.54) is 6.07 Å². The third-order valence-electron chi connectivity index (χ3n) is 3.73. The van der Waals surface area contributed by atoms with E-state index in [-0.39, 0.29) is 12.1 Å². The zero-order valence-electron chi connectivity index (χ0n) is 10.8. The van der Waals surface area contributed by atoms with Crippen molar-refractivity contribution in [3.05, 3.63) is 33.8 Å². The van der Waals surface area contributed by atoms with Gasteiger partial charge in [0.25, 0.3) is 0 Å². The minimum atomic E-state index is -0.825. The number of hydrogen-bond acceptors (Lipinski definition) is 2. The van der Waals surface area contributed by atoms with Crippen molar-refractivity contribution in [3.8, 4) is 0 Å². The van der Waals surface area contributed by atoms with Gasteiger partial charge in [0.2, 0.25) is 0 Å². The van der Waals surface area contributed by atoms with Gasteiger partial charge < -0.3 is 10.4 Å². The molecule has 0 radical (unpaired) electrons. The molecule has 0 spiro atoms. The van der Waals surface area contributed by atoms with Crippen molar-refractivity contribution in [3.63, 3.8) is 0 Å². The normalized spacial score (nSPS) is 24.1. The van der Waals surface area contributed by atoms with Gasteiger partial charge >= 0.3 is 0 Å². The first-order valence-electron chi connectivity index (χ1n) is 6.54. The van der Waals surface area contributed by atoms with Gasteiger partial charge in [-0.1, -0.05) is 15.9 Å². The average Bonchev–Trinajstić information content (AvgIpc) is 2.32. The van der Waals surface area contributed by atoms with E-state index in [1.807, 2.05) is 6.92 Å². The minimum Gasteiger partial charge on any atom is -0.393 e. The Morgan fingerprint density at radius 2 is 2.11 bits per heavy atom. The summed E-state index contributed by atoms with van der Waals surface area (Å²) < 4.78 is 27.5. The molecular weight excluding hydrogens is 316 g/mol. The molecule has 0 heterocycles. The predicted octanol–water partition coefficient (Wildman–Crippen LogP) is 3.54. The summed E-state index contributed by atoms with van der Waals surface area (Å²) in [5.41, 5.74) is 0.327. The highest BCUT2D eigenvalue weighted by Gasteiger charge is 2.26. The Bertz CT molecular complexity index is 449. The molecule has 2 rings (SSSR count). The highest BCUT2D eigenvalue weighted by atomic mass is 79.9. The fraction of sp³-hybridized carbons (Fsp3) is 0.571. The molecule has 0 aromatic heterocycles. The number of aliphatic hydroxyl groups is 1. The Morgan fingerprint density at radius 3 is 2.74 bits per heavy atom. The van der Waals surface area contributed by atoms with Gasteiger partial charge in [0.1, 0.15) is 0 Å². The largest absolute Gasteiger partial charge is 0.393 e. The van der Waals surface area contributed by atoms with Gasteiger partial charge in [-0.15, -0.1) is 0 Å². The molecule has 1 saturated carbocycles. The number of halogens is 3. The van der Waals surface area contributed by atoms with Crippen LogP contribution in [0.4, 0.5) is 8.78 Å². The first kappa shape index (κ1) is 14.9. The lowest BCUT2D eigenvalue weighted by Gasteiger charge is -2.31. The molecule has 0 unspecified atom stereocenters. The first-order chi connectivity index (χ1) is 8.99. The third-order valence-corrected chi connectivity index (χ3v) is 4.42. The number of aliphatic hydroxyl groups excluding tert-OH is 1. The quantitative estimate of drug-likeness (QED) is 0.808. The summed E-state index contributed by atoms with van der Waals surface area (Å²) in [6, 6.07) is 2.38. The van der Waals surface area contributed by atoms with Crippen LogP contribution in [0, 0.1) is 17.6 Å². The lowest BCUT2D eigenvalue weighted by molar-refractivity contribution is 0.0391. The maximum absolute atomic E-state index is 13.7. The van der Waals surface area contributed by atoms with E-state index in [0.29, 0.717) is 16.0 Å². The molecule has 0 aliphatic heterocycles. The predicted molar refractivity (Wildman–Crippen MR) is 73.8 cm³/mol. The molecule has 106 valence electrons. The molecule has 0 bridgehead atoms. The highest BCUT2D eigenvalue weighted by Crippen LogP contribution is 2.31. The molecule has 0 amide bonds. The van der Waals surface area contributed by atoms with E-state index < -0.39 is 11.6 Å². The molecule has 2 N–H and O–H groups in total. The Morgan fingerprint density at radius 1 is 1.42 bits per heavy atom. The molecule has 2 nitrogen and oxygen atoms in total. The van der Waals surface area contributed by atoms with E-state index in [2.05, 4.69) is 21.2 Å². The van der Waals surface area contributed by atoms with Crippen LogP contribution in [0.25, 0.3) is 0 Å². The van der Waals surface area contributed by atoms with Crippen LogP contribution >= 0.6 is 15.9 Å². The van der Waals surface area contributed by atoms with E-state index in [1.54, 1.807) is 0 Å². The Labute approximate surface area is 120 Å². The second kappa shape index (κ2) is 6.29. The average molecular weight is 334 g/mol. The van der Waals surface area contributed by atoms with Gasteiger partial charge in [0, 0.05) is 16.1 Å². The van der Waals surface area contributed by atoms with Gasteiger partial charge in [0.05, 0.1) is 6.10 Å². The summed E-state index contributed by atoms with van der Waals surface area (Å²) in [6.45, 7) is 2.55. The monoisotopic (exact) mass is 333 g/mol. The molecule has 1 aliphatic carbocycles. The molecule has 5 heteroatoms. The van der Waals surface area contributed by atoms with Crippen molar-refractivity contribution < 1.29 is 13.9 Å². The summed E-state index contributed by atoms with van der Waals surface area (Å²) in [5.74, 6) is -1.07. The number of nitrogens with one attached hydrogen (secondary N) is 1. The summed E-state index contributed by atoms with van der Waals surface area (Å²) in [4.78, 5) is 0. The van der Waals surface area contributed by atoms with Crippen molar-refractivity contribution in [2.24, 2.45) is 5.92 Å². The fourth-order valence-electron chi connectivity index (χ4n) is 2.48. The molecule has 1 aromatic rings. The zero-order valence-corrected chi connectivity index (χ0v) is 12.4. The standard InChI is InChI=1S/C14H18BrF2NO/c1-8(18-5-4-9-6-10(19)7-9)13-11(15)2-3-12(16)14(13)17/h2-3,8-10,18-19H,4-7H2,1H3/t8-,9?,10?/m0/s1. The van der Waals surface area contributed by atoms with E-state index in [4.69, 9.17) is 0 Å². The topological polar surface area (TPSA) is 32.3 Å². The molecule has 0 saturated heterocycles. The number of rotatable bonds is 5. The summed E-state index contributed by atoms with van der Waals surface area (Å²) >= 11 is 3.26. The van der Waals surface area contributed by atoms with Crippen molar-refractivity contribution in [1.82, 2.24) is 5.32 Å². The summed E-state index contributed by atoms with van der Waals surface area (Å²) in [6.07, 6.45) is 2.52. The Kier molecular flexibility index (Phi) is 4.92. The summed E-state index contributed by atoms with van der Waals surface area (Å²) in [7, 11) is 0. The van der Waals surface area contributed by atoms with Crippen molar-refractivity contribution >= 4 is 15.9 Å².